The van der Waals surface area contributed by atoms with E-state index in [1.165, 1.54) is 19.2 Å². The maximum atomic E-state index is 15.8. The Morgan fingerprint density at radius 3 is 2.36 bits per heavy atom. The van der Waals surface area contributed by atoms with Crippen molar-refractivity contribution in [3.63, 3.8) is 0 Å². The molecule has 0 aromatic heterocycles. The van der Waals surface area contributed by atoms with Gasteiger partial charge in [-0.25, -0.2) is 9.18 Å². The molecule has 248 valence electrons. The van der Waals surface area contributed by atoms with Crippen LogP contribution in [0.3, 0.4) is 0 Å². The van der Waals surface area contributed by atoms with Crippen LogP contribution in [0.15, 0.2) is 41.8 Å². The van der Waals surface area contributed by atoms with Crippen LogP contribution in [0.5, 0.6) is 0 Å². The molecule has 13 atom stereocenters. The van der Waals surface area contributed by atoms with Crippen molar-refractivity contribution in [1.82, 2.24) is 5.32 Å². The fourth-order valence-corrected chi connectivity index (χ4v) is 5.59. The lowest BCUT2D eigenvalue weighted by molar-refractivity contribution is -0.289. The summed E-state index contributed by atoms with van der Waals surface area (Å²) in [6.07, 6.45) is -11.5. The SMILES string of the molecule is CN/C(=C(\O)C1CCC(N)[C@@H](O[C@@H]2C(N)C[C@@H](N)C(OC(=O)c3ccccc3)C2F)O1)C(O)O[C@H]1OC(CO)[C@@H](N)CC1O. The normalized spacial score (nSPS) is 39.2. The van der Waals surface area contributed by atoms with Crippen molar-refractivity contribution in [1.29, 1.82) is 0 Å². The summed E-state index contributed by atoms with van der Waals surface area (Å²) >= 11 is 0. The minimum Gasteiger partial charge on any atom is -0.508 e. The highest BCUT2D eigenvalue weighted by Gasteiger charge is 2.48. The zero-order chi connectivity index (χ0) is 32.1. The summed E-state index contributed by atoms with van der Waals surface area (Å²) in [4.78, 5) is 12.6. The third kappa shape index (κ3) is 7.83. The Morgan fingerprint density at radius 1 is 1.02 bits per heavy atom. The van der Waals surface area contributed by atoms with Crippen LogP contribution >= 0.6 is 0 Å². The van der Waals surface area contributed by atoms with Crippen LogP contribution in [0.2, 0.25) is 0 Å². The van der Waals surface area contributed by atoms with Gasteiger partial charge in [0.15, 0.2) is 24.9 Å². The molecule has 3 aliphatic rings. The fraction of sp³-hybridized carbons (Fsp3) is 0.679. The Labute approximate surface area is 254 Å². The third-order valence-corrected chi connectivity index (χ3v) is 8.12. The predicted octanol–water partition coefficient (Wildman–Crippen LogP) is -2.05. The van der Waals surface area contributed by atoms with Crippen molar-refractivity contribution < 1.29 is 53.3 Å². The van der Waals surface area contributed by atoms with Gasteiger partial charge in [0.1, 0.15) is 29.8 Å². The van der Waals surface area contributed by atoms with Gasteiger partial charge in [-0.2, -0.15) is 0 Å². The van der Waals surface area contributed by atoms with E-state index in [4.69, 9.17) is 46.6 Å². The Balaban J connectivity index is 1.43. The van der Waals surface area contributed by atoms with Gasteiger partial charge in [0.05, 0.1) is 24.3 Å². The monoisotopic (exact) mass is 629 g/mol. The lowest BCUT2D eigenvalue weighted by atomic mass is 9.85. The van der Waals surface area contributed by atoms with Crippen molar-refractivity contribution in [3.8, 4) is 0 Å². The van der Waals surface area contributed by atoms with E-state index in [0.717, 1.165) is 0 Å². The summed E-state index contributed by atoms with van der Waals surface area (Å²) in [6.45, 7) is -0.423. The Kier molecular flexibility index (Phi) is 11.9. The standard InChI is InChI=1S/C28H44FN5O10/c1-34-21(26(39)44-28-17(36)10-14(31)19(11-35)41-28)22(37)18-8-7-13(30)27(40-18)43-24-16(33)9-15(32)23(20(24)29)42-25(38)12-5-3-2-4-6-12/h2-6,13-20,23-24,26-28,34-37,39H,7-11,30-33H2,1H3/b22-21-/t13?,14-,15+,16?,17?,18?,19?,20?,23?,24+,26?,27+,28+/m0/s1. The average Bonchev–Trinajstić information content (AvgIpc) is 3.00. The molecule has 0 radical (unpaired) electrons. The van der Waals surface area contributed by atoms with Crippen LogP contribution in [-0.2, 0) is 23.7 Å². The summed E-state index contributed by atoms with van der Waals surface area (Å²) in [6, 6.07) is 4.95. The number of nitrogens with two attached hydrogens (primary N) is 4. The number of rotatable bonds is 10. The topological polar surface area (TPSA) is 260 Å². The number of aliphatic hydroxyl groups is 4. The summed E-state index contributed by atoms with van der Waals surface area (Å²) < 4.78 is 44.0. The van der Waals surface area contributed by atoms with Crippen LogP contribution in [0.4, 0.5) is 4.39 Å². The molecule has 8 unspecified atom stereocenters. The molecule has 2 heterocycles. The van der Waals surface area contributed by atoms with Crippen LogP contribution in [0.25, 0.3) is 0 Å². The maximum absolute atomic E-state index is 15.8. The quantitative estimate of drug-likeness (QED) is 0.0766. The summed E-state index contributed by atoms with van der Waals surface area (Å²) in [7, 11) is 1.42. The predicted molar refractivity (Wildman–Crippen MR) is 152 cm³/mol. The van der Waals surface area contributed by atoms with E-state index >= 15 is 4.39 Å². The minimum atomic E-state index is -1.91. The second-order valence-corrected chi connectivity index (χ2v) is 11.3. The fourth-order valence-electron chi connectivity index (χ4n) is 5.59. The number of likely N-dealkylation sites (N-methyl/N-ethyl adjacent to an activating group) is 1. The zero-order valence-corrected chi connectivity index (χ0v) is 24.4. The number of hydrogen-bond donors (Lipinski definition) is 9. The van der Waals surface area contributed by atoms with Crippen LogP contribution in [0.1, 0.15) is 36.0 Å². The van der Waals surface area contributed by atoms with Crippen LogP contribution in [0, 0.1) is 0 Å². The molecule has 2 aliphatic heterocycles. The van der Waals surface area contributed by atoms with Gasteiger partial charge >= 0.3 is 5.97 Å². The number of carbonyl (C=O) groups is 1. The third-order valence-electron chi connectivity index (χ3n) is 8.12. The Bertz CT molecular complexity index is 1120. The average molecular weight is 630 g/mol. The molecule has 0 bridgehead atoms. The van der Waals surface area contributed by atoms with Gasteiger partial charge in [-0.05, 0) is 37.8 Å². The van der Waals surface area contributed by atoms with Crippen molar-refractivity contribution in [3.05, 3.63) is 47.4 Å². The number of nitrogens with one attached hydrogen (secondary N) is 1. The van der Waals surface area contributed by atoms with Gasteiger partial charge < -0.3 is 72.4 Å². The van der Waals surface area contributed by atoms with Gasteiger partial charge in [-0.1, -0.05) is 18.2 Å². The number of hydrogen-bond acceptors (Lipinski definition) is 15. The van der Waals surface area contributed by atoms with E-state index in [2.05, 4.69) is 5.32 Å². The number of alkyl halides is 1. The molecule has 1 aromatic rings. The number of halogens is 1. The highest BCUT2D eigenvalue weighted by atomic mass is 19.1. The molecule has 1 aromatic carbocycles. The van der Waals surface area contributed by atoms with Crippen molar-refractivity contribution >= 4 is 5.97 Å². The van der Waals surface area contributed by atoms with Crippen molar-refractivity contribution in [2.24, 2.45) is 22.9 Å². The van der Waals surface area contributed by atoms with Gasteiger partial charge in [0.25, 0.3) is 0 Å². The van der Waals surface area contributed by atoms with E-state index in [0.29, 0.717) is 0 Å². The van der Waals surface area contributed by atoms with E-state index in [1.807, 2.05) is 0 Å². The van der Waals surface area contributed by atoms with Gasteiger partial charge in [0, 0.05) is 25.2 Å². The largest absolute Gasteiger partial charge is 0.508 e. The van der Waals surface area contributed by atoms with E-state index in [1.54, 1.807) is 18.2 Å². The van der Waals surface area contributed by atoms with Crippen molar-refractivity contribution in [2.75, 3.05) is 13.7 Å². The highest BCUT2D eigenvalue weighted by Crippen LogP contribution is 2.32. The molecule has 4 rings (SSSR count). The molecule has 2 saturated heterocycles. The lowest BCUT2D eigenvalue weighted by Gasteiger charge is -2.43. The molecule has 1 aliphatic carbocycles. The molecule has 3 fully saturated rings. The van der Waals surface area contributed by atoms with Crippen LogP contribution < -0.4 is 28.3 Å². The van der Waals surface area contributed by atoms with Gasteiger partial charge in [-0.3, -0.25) is 0 Å². The molecular formula is C28H44FN5O10. The van der Waals surface area contributed by atoms with E-state index < -0.39 is 98.1 Å². The van der Waals surface area contributed by atoms with Gasteiger partial charge in [-0.15, -0.1) is 0 Å². The molecule has 16 heteroatoms. The Morgan fingerprint density at radius 2 is 1.70 bits per heavy atom. The minimum absolute atomic E-state index is 0.0475. The zero-order valence-electron chi connectivity index (χ0n) is 24.4. The molecule has 1 saturated carbocycles. The first-order valence-electron chi connectivity index (χ1n) is 14.6. The number of carbonyl (C=O) groups excluding carboxylic acids is 1. The molecule has 15 nitrogen and oxygen atoms in total. The molecular weight excluding hydrogens is 585 g/mol. The maximum Gasteiger partial charge on any atom is 0.338 e. The molecule has 44 heavy (non-hydrogen) atoms. The first kappa shape index (κ1) is 34.4. The van der Waals surface area contributed by atoms with E-state index in [-0.39, 0.29) is 36.9 Å². The summed E-state index contributed by atoms with van der Waals surface area (Å²) in [5.41, 5.74) is 24.4. The molecule has 0 amide bonds. The number of ether oxygens (including phenoxy) is 5. The highest BCUT2D eigenvalue weighted by molar-refractivity contribution is 5.89. The summed E-state index contributed by atoms with van der Waals surface area (Å²) in [5.74, 6) is -1.20. The van der Waals surface area contributed by atoms with E-state index in [9.17, 15) is 25.2 Å². The lowest BCUT2D eigenvalue weighted by Crippen LogP contribution is -2.63. The number of aliphatic hydroxyl groups excluding tert-OH is 4. The first-order chi connectivity index (χ1) is 20.9. The molecule has 13 N–H and O–H groups in total. The second-order valence-electron chi connectivity index (χ2n) is 11.3. The Hall–Kier alpha value is -2.48. The van der Waals surface area contributed by atoms with Gasteiger partial charge in [0.2, 0.25) is 6.29 Å². The van der Waals surface area contributed by atoms with Crippen molar-refractivity contribution in [2.45, 2.75) is 105 Å². The smallest absolute Gasteiger partial charge is 0.338 e. The number of benzene rings is 1. The van der Waals surface area contributed by atoms with Crippen LogP contribution in [-0.4, -0.2) is 120 Å². The second kappa shape index (κ2) is 15.2. The first-order valence-corrected chi connectivity index (χ1v) is 14.6. The molecule has 0 spiro atoms. The summed E-state index contributed by atoms with van der Waals surface area (Å²) in [5, 5.41) is 44.2. The number of esters is 1.